The summed E-state index contributed by atoms with van der Waals surface area (Å²) in [6.07, 6.45) is 3.65. The molecule has 0 unspecified atom stereocenters. The Bertz CT molecular complexity index is 1020. The fourth-order valence-corrected chi connectivity index (χ4v) is 4.49. The first-order chi connectivity index (χ1) is 13.1. The van der Waals surface area contributed by atoms with E-state index in [1.54, 1.807) is 4.57 Å². The van der Waals surface area contributed by atoms with Crippen LogP contribution in [0.5, 0.6) is 0 Å². The molecule has 0 saturated carbocycles. The Balaban J connectivity index is 1.40. The molecule has 0 fully saturated rings. The van der Waals surface area contributed by atoms with E-state index in [0.717, 1.165) is 47.0 Å². The summed E-state index contributed by atoms with van der Waals surface area (Å²) in [5, 5.41) is 8.39. The normalized spacial score (nSPS) is 13.7. The number of para-hydroxylation sites is 1. The monoisotopic (exact) mass is 431 g/mol. The lowest BCUT2D eigenvalue weighted by molar-refractivity contribution is 0.0944. The second kappa shape index (κ2) is 7.34. The molecule has 4 rings (SSSR count). The highest BCUT2D eigenvalue weighted by molar-refractivity contribution is 9.10. The molecule has 1 aromatic carbocycles. The number of carbonyl (C=O) groups is 1. The number of aromatic nitrogens is 4. The summed E-state index contributed by atoms with van der Waals surface area (Å²) >= 11 is 3.55. The van der Waals surface area contributed by atoms with Crippen molar-refractivity contribution in [1.29, 1.82) is 0 Å². The number of rotatable bonds is 5. The highest BCUT2D eigenvalue weighted by Gasteiger charge is 2.19. The fraction of sp³-hybridized carbons (Fsp3) is 0.421. The number of hydrogen-bond donors (Lipinski definition) is 1. The van der Waals surface area contributed by atoms with Gasteiger partial charge in [0.2, 0.25) is 0 Å². The van der Waals surface area contributed by atoms with Gasteiger partial charge in [-0.05, 0) is 41.3 Å². The van der Waals surface area contributed by atoms with Crippen LogP contribution in [0, 0.1) is 0 Å². The number of nitrogens with zero attached hydrogens (tertiary/aromatic N) is 4. The van der Waals surface area contributed by atoms with E-state index in [0.29, 0.717) is 25.2 Å². The van der Waals surface area contributed by atoms with E-state index in [4.69, 9.17) is 0 Å². The Labute approximate surface area is 165 Å². The molecule has 3 aromatic rings. The van der Waals surface area contributed by atoms with E-state index < -0.39 is 0 Å². The molecule has 7 nitrogen and oxygen atoms in total. The maximum atomic E-state index is 12.6. The first-order valence-electron chi connectivity index (χ1n) is 9.25. The molecule has 0 atom stereocenters. The number of halogens is 1. The molecule has 1 amide bonds. The largest absolute Gasteiger partial charge is 0.351 e. The number of aryl methyl sites for hydroxylation is 3. The van der Waals surface area contributed by atoms with Gasteiger partial charge in [0.05, 0.1) is 4.47 Å². The number of nitrogens with one attached hydrogen (secondary N) is 1. The third kappa shape index (κ3) is 3.22. The van der Waals surface area contributed by atoms with E-state index in [1.165, 1.54) is 4.68 Å². The lowest BCUT2D eigenvalue weighted by atomic mass is 10.2. The van der Waals surface area contributed by atoms with Gasteiger partial charge in [-0.3, -0.25) is 9.36 Å². The molecule has 0 aliphatic carbocycles. The molecule has 27 heavy (non-hydrogen) atoms. The highest BCUT2D eigenvalue weighted by Crippen LogP contribution is 2.30. The Kier molecular flexibility index (Phi) is 4.90. The fourth-order valence-electron chi connectivity index (χ4n) is 3.71. The van der Waals surface area contributed by atoms with E-state index in [2.05, 4.69) is 26.3 Å². The number of fused-ring (bicyclic) bond motifs is 2. The second-order valence-electron chi connectivity index (χ2n) is 6.88. The van der Waals surface area contributed by atoms with E-state index in [-0.39, 0.29) is 11.6 Å². The summed E-state index contributed by atoms with van der Waals surface area (Å²) in [4.78, 5) is 25.0. The minimum absolute atomic E-state index is 0.0348. The maximum Gasteiger partial charge on any atom is 0.345 e. The molecule has 2 aromatic heterocycles. The summed E-state index contributed by atoms with van der Waals surface area (Å²) < 4.78 is 5.99. The van der Waals surface area contributed by atoms with Gasteiger partial charge < -0.3 is 9.88 Å². The SMILES string of the molecule is Cn1c(C(=O)NCCCn2nc3n(c2=O)CCCC3)c(Br)c2ccccc21. The van der Waals surface area contributed by atoms with Gasteiger partial charge in [0.15, 0.2) is 0 Å². The summed E-state index contributed by atoms with van der Waals surface area (Å²) in [6, 6.07) is 7.89. The number of amides is 1. The van der Waals surface area contributed by atoms with Crippen molar-refractivity contribution in [3.05, 3.63) is 50.7 Å². The minimum Gasteiger partial charge on any atom is -0.351 e. The van der Waals surface area contributed by atoms with Crippen molar-refractivity contribution in [3.8, 4) is 0 Å². The van der Waals surface area contributed by atoms with E-state index in [1.807, 2.05) is 35.9 Å². The molecule has 0 saturated heterocycles. The molecule has 142 valence electrons. The lowest BCUT2D eigenvalue weighted by Gasteiger charge is -2.09. The van der Waals surface area contributed by atoms with Gasteiger partial charge in [-0.25, -0.2) is 9.48 Å². The van der Waals surface area contributed by atoms with Crippen molar-refractivity contribution in [2.45, 2.75) is 38.8 Å². The van der Waals surface area contributed by atoms with Gasteiger partial charge in [0, 0.05) is 44.0 Å². The Morgan fingerprint density at radius 1 is 1.30 bits per heavy atom. The summed E-state index contributed by atoms with van der Waals surface area (Å²) in [7, 11) is 1.89. The van der Waals surface area contributed by atoms with E-state index in [9.17, 15) is 9.59 Å². The minimum atomic E-state index is -0.128. The maximum absolute atomic E-state index is 12.6. The predicted molar refractivity (Wildman–Crippen MR) is 107 cm³/mol. The molecule has 0 spiro atoms. The predicted octanol–water partition coefficient (Wildman–Crippen LogP) is 2.46. The Morgan fingerprint density at radius 2 is 2.11 bits per heavy atom. The smallest absolute Gasteiger partial charge is 0.345 e. The van der Waals surface area contributed by atoms with Gasteiger partial charge in [-0.2, -0.15) is 5.10 Å². The Morgan fingerprint density at radius 3 is 2.89 bits per heavy atom. The second-order valence-corrected chi connectivity index (χ2v) is 7.67. The van der Waals surface area contributed by atoms with Crippen molar-refractivity contribution in [2.75, 3.05) is 6.54 Å². The van der Waals surface area contributed by atoms with Gasteiger partial charge >= 0.3 is 5.69 Å². The molecular weight excluding hydrogens is 410 g/mol. The quantitative estimate of drug-likeness (QED) is 0.630. The van der Waals surface area contributed by atoms with Crippen LogP contribution in [-0.4, -0.2) is 31.4 Å². The van der Waals surface area contributed by atoms with Crippen LogP contribution in [0.4, 0.5) is 0 Å². The van der Waals surface area contributed by atoms with E-state index >= 15 is 0 Å². The molecule has 3 heterocycles. The molecule has 0 bridgehead atoms. The van der Waals surface area contributed by atoms with Crippen molar-refractivity contribution in [1.82, 2.24) is 24.2 Å². The van der Waals surface area contributed by atoms with Gasteiger partial charge in [0.1, 0.15) is 11.5 Å². The third-order valence-corrected chi connectivity index (χ3v) is 5.93. The standard InChI is InChI=1S/C19H22BrN5O2/c1-23-14-8-3-2-7-13(14)16(20)17(23)18(26)21-10-6-12-25-19(27)24-11-5-4-9-15(24)22-25/h2-3,7-8H,4-6,9-12H2,1H3,(H,21,26). The average molecular weight is 432 g/mol. The third-order valence-electron chi connectivity index (χ3n) is 5.12. The van der Waals surface area contributed by atoms with Gasteiger partial charge in [-0.15, -0.1) is 0 Å². The lowest BCUT2D eigenvalue weighted by Crippen LogP contribution is -2.30. The molecule has 1 N–H and O–H groups in total. The number of benzene rings is 1. The summed E-state index contributed by atoms with van der Waals surface area (Å²) in [5.41, 5.74) is 1.57. The van der Waals surface area contributed by atoms with Crippen molar-refractivity contribution >= 4 is 32.7 Å². The summed E-state index contributed by atoms with van der Waals surface area (Å²) in [5.74, 6) is 0.756. The zero-order chi connectivity index (χ0) is 19.0. The highest BCUT2D eigenvalue weighted by atomic mass is 79.9. The van der Waals surface area contributed by atoms with Crippen LogP contribution < -0.4 is 11.0 Å². The van der Waals surface area contributed by atoms with Crippen molar-refractivity contribution in [3.63, 3.8) is 0 Å². The van der Waals surface area contributed by atoms with Crippen molar-refractivity contribution < 1.29 is 4.79 Å². The summed E-state index contributed by atoms with van der Waals surface area (Å²) in [6.45, 7) is 1.76. The molecular formula is C19H22BrN5O2. The molecule has 0 radical (unpaired) electrons. The number of carbonyl (C=O) groups excluding carboxylic acids is 1. The van der Waals surface area contributed by atoms with Crippen LogP contribution >= 0.6 is 15.9 Å². The zero-order valence-electron chi connectivity index (χ0n) is 15.2. The van der Waals surface area contributed by atoms with Crippen LogP contribution in [-0.2, 0) is 26.6 Å². The molecule has 1 aliphatic heterocycles. The van der Waals surface area contributed by atoms with Crippen LogP contribution in [0.3, 0.4) is 0 Å². The first-order valence-corrected chi connectivity index (χ1v) is 10.0. The zero-order valence-corrected chi connectivity index (χ0v) is 16.8. The van der Waals surface area contributed by atoms with Gasteiger partial charge in [-0.1, -0.05) is 18.2 Å². The molecule has 1 aliphatic rings. The first kappa shape index (κ1) is 18.0. The topological polar surface area (TPSA) is 73.8 Å². The average Bonchev–Trinajstić information content (AvgIpc) is 3.14. The van der Waals surface area contributed by atoms with Crippen LogP contribution in [0.1, 0.15) is 35.6 Å². The number of hydrogen-bond acceptors (Lipinski definition) is 3. The van der Waals surface area contributed by atoms with Crippen molar-refractivity contribution in [2.24, 2.45) is 7.05 Å². The van der Waals surface area contributed by atoms with Gasteiger partial charge in [0.25, 0.3) is 5.91 Å². The molecule has 8 heteroatoms. The van der Waals surface area contributed by atoms with Crippen LogP contribution in [0.15, 0.2) is 33.5 Å². The Hall–Kier alpha value is -2.35. The van der Waals surface area contributed by atoms with Crippen LogP contribution in [0.25, 0.3) is 10.9 Å². The van der Waals surface area contributed by atoms with Crippen LogP contribution in [0.2, 0.25) is 0 Å².